The van der Waals surface area contributed by atoms with Crippen LogP contribution in [-0.4, -0.2) is 5.11 Å². The number of phenolic OH excluding ortho intramolecular Hbond substituents is 1. The highest BCUT2D eigenvalue weighted by atomic mass is 35.5. The molecule has 0 amide bonds. The minimum Gasteiger partial charge on any atom is -0.506 e. The molecule has 2 nitrogen and oxygen atoms in total. The van der Waals surface area contributed by atoms with E-state index in [1.807, 2.05) is 6.07 Å². The lowest BCUT2D eigenvalue weighted by Crippen LogP contribution is -1.90. The Kier molecular flexibility index (Phi) is 2.77. The van der Waals surface area contributed by atoms with Crippen molar-refractivity contribution in [2.45, 2.75) is 20.1 Å². The SMILES string of the molecule is Cc1ccc2c(c1)COCc1cc(O)c(Cl)cc1-2. The van der Waals surface area contributed by atoms with Crippen molar-refractivity contribution in [3.63, 3.8) is 0 Å². The van der Waals surface area contributed by atoms with Gasteiger partial charge in [0.2, 0.25) is 0 Å². The fourth-order valence-corrected chi connectivity index (χ4v) is 2.51. The van der Waals surface area contributed by atoms with Crippen molar-refractivity contribution in [3.05, 3.63) is 52.0 Å². The zero-order chi connectivity index (χ0) is 12.7. The normalized spacial score (nSPS) is 13.7. The van der Waals surface area contributed by atoms with E-state index in [0.29, 0.717) is 18.2 Å². The summed E-state index contributed by atoms with van der Waals surface area (Å²) < 4.78 is 5.64. The van der Waals surface area contributed by atoms with Crippen molar-refractivity contribution in [3.8, 4) is 16.9 Å². The van der Waals surface area contributed by atoms with E-state index >= 15 is 0 Å². The molecule has 0 aromatic heterocycles. The zero-order valence-electron chi connectivity index (χ0n) is 10.0. The molecule has 0 aliphatic carbocycles. The van der Waals surface area contributed by atoms with Gasteiger partial charge in [0.1, 0.15) is 5.75 Å². The molecule has 0 saturated heterocycles. The van der Waals surface area contributed by atoms with Crippen molar-refractivity contribution in [1.82, 2.24) is 0 Å². The van der Waals surface area contributed by atoms with Crippen LogP contribution in [0.1, 0.15) is 16.7 Å². The minimum absolute atomic E-state index is 0.106. The number of ether oxygens (including phenoxy) is 1. The molecule has 3 heteroatoms. The minimum atomic E-state index is 0.106. The maximum absolute atomic E-state index is 9.67. The van der Waals surface area contributed by atoms with Crippen LogP contribution in [0.15, 0.2) is 30.3 Å². The monoisotopic (exact) mass is 260 g/mol. The van der Waals surface area contributed by atoms with Gasteiger partial charge in [0.05, 0.1) is 18.2 Å². The van der Waals surface area contributed by atoms with Crippen LogP contribution in [0.5, 0.6) is 5.75 Å². The lowest BCUT2D eigenvalue weighted by Gasteiger charge is -2.10. The summed E-state index contributed by atoms with van der Waals surface area (Å²) >= 11 is 6.01. The molecule has 0 spiro atoms. The topological polar surface area (TPSA) is 29.5 Å². The van der Waals surface area contributed by atoms with Gasteiger partial charge in [-0.25, -0.2) is 0 Å². The number of halogens is 1. The maximum atomic E-state index is 9.67. The second-order valence-corrected chi connectivity index (χ2v) is 5.02. The zero-order valence-corrected chi connectivity index (χ0v) is 10.8. The van der Waals surface area contributed by atoms with E-state index in [9.17, 15) is 5.11 Å². The molecule has 0 radical (unpaired) electrons. The Balaban J connectivity index is 2.27. The van der Waals surface area contributed by atoms with Gasteiger partial charge in [-0.2, -0.15) is 0 Å². The highest BCUT2D eigenvalue weighted by Crippen LogP contribution is 2.37. The third-order valence-electron chi connectivity index (χ3n) is 3.24. The molecular weight excluding hydrogens is 248 g/mol. The summed E-state index contributed by atoms with van der Waals surface area (Å²) in [4.78, 5) is 0. The smallest absolute Gasteiger partial charge is 0.134 e. The largest absolute Gasteiger partial charge is 0.506 e. The number of phenols is 1. The summed E-state index contributed by atoms with van der Waals surface area (Å²) in [7, 11) is 0. The maximum Gasteiger partial charge on any atom is 0.134 e. The van der Waals surface area contributed by atoms with E-state index in [-0.39, 0.29) is 5.75 Å². The second kappa shape index (κ2) is 4.30. The van der Waals surface area contributed by atoms with Crippen LogP contribution >= 0.6 is 11.6 Å². The first-order chi connectivity index (χ1) is 8.65. The summed E-state index contributed by atoms with van der Waals surface area (Å²) in [6.07, 6.45) is 0. The van der Waals surface area contributed by atoms with Gasteiger partial charge in [0, 0.05) is 0 Å². The molecule has 3 rings (SSSR count). The average molecular weight is 261 g/mol. The first-order valence-electron chi connectivity index (χ1n) is 5.84. The number of benzene rings is 2. The summed E-state index contributed by atoms with van der Waals surface area (Å²) in [5.41, 5.74) is 5.53. The van der Waals surface area contributed by atoms with Crippen molar-refractivity contribution < 1.29 is 9.84 Å². The third kappa shape index (κ3) is 1.88. The number of hydrogen-bond acceptors (Lipinski definition) is 2. The van der Waals surface area contributed by atoms with Crippen LogP contribution in [0.3, 0.4) is 0 Å². The molecule has 2 aromatic rings. The molecule has 1 heterocycles. The van der Waals surface area contributed by atoms with Crippen LogP contribution in [0, 0.1) is 6.92 Å². The van der Waals surface area contributed by atoms with E-state index in [1.165, 1.54) is 5.56 Å². The molecule has 92 valence electrons. The first kappa shape index (κ1) is 11.6. The Morgan fingerprint density at radius 3 is 2.56 bits per heavy atom. The Labute approximate surface area is 111 Å². The molecule has 0 saturated carbocycles. The number of aryl methyl sites for hydroxylation is 1. The van der Waals surface area contributed by atoms with Gasteiger partial charge >= 0.3 is 0 Å². The molecule has 1 aliphatic heterocycles. The highest BCUT2D eigenvalue weighted by molar-refractivity contribution is 6.32. The predicted octanol–water partition coefficient (Wildman–Crippen LogP) is 4.05. The summed E-state index contributed by atoms with van der Waals surface area (Å²) in [5, 5.41) is 10.0. The Morgan fingerprint density at radius 2 is 1.78 bits per heavy atom. The number of fused-ring (bicyclic) bond motifs is 3. The molecular formula is C15H13ClO2. The second-order valence-electron chi connectivity index (χ2n) is 4.61. The molecule has 1 N–H and O–H groups in total. The van der Waals surface area contributed by atoms with Gasteiger partial charge in [0.25, 0.3) is 0 Å². The van der Waals surface area contributed by atoms with Crippen molar-refractivity contribution >= 4 is 11.6 Å². The summed E-state index contributed by atoms with van der Waals surface area (Å²) in [6, 6.07) is 9.80. The van der Waals surface area contributed by atoms with Crippen LogP contribution in [0.4, 0.5) is 0 Å². The van der Waals surface area contributed by atoms with Gasteiger partial charge in [-0.05, 0) is 41.3 Å². The lowest BCUT2D eigenvalue weighted by molar-refractivity contribution is 0.109. The Morgan fingerprint density at radius 1 is 1.06 bits per heavy atom. The first-order valence-corrected chi connectivity index (χ1v) is 6.22. The molecule has 18 heavy (non-hydrogen) atoms. The highest BCUT2D eigenvalue weighted by Gasteiger charge is 2.16. The molecule has 0 bridgehead atoms. The predicted molar refractivity (Wildman–Crippen MR) is 71.8 cm³/mol. The molecule has 0 atom stereocenters. The summed E-state index contributed by atoms with van der Waals surface area (Å²) in [6.45, 7) is 3.15. The third-order valence-corrected chi connectivity index (χ3v) is 3.54. The standard InChI is InChI=1S/C15H13ClO2/c1-9-2-3-12-10(4-9)7-18-8-11-5-15(17)14(16)6-13(11)12/h2-6,17H,7-8H2,1H3. The molecule has 1 aliphatic rings. The number of hydrogen-bond donors (Lipinski definition) is 1. The van der Waals surface area contributed by atoms with E-state index in [0.717, 1.165) is 22.3 Å². The number of rotatable bonds is 0. The van der Waals surface area contributed by atoms with E-state index in [2.05, 4.69) is 25.1 Å². The number of aromatic hydroxyl groups is 1. The van der Waals surface area contributed by atoms with Crippen LogP contribution < -0.4 is 0 Å². The lowest BCUT2D eigenvalue weighted by atomic mass is 9.95. The molecule has 0 fully saturated rings. The van der Waals surface area contributed by atoms with Crippen LogP contribution in [0.2, 0.25) is 5.02 Å². The van der Waals surface area contributed by atoms with E-state index in [1.54, 1.807) is 6.07 Å². The fourth-order valence-electron chi connectivity index (χ4n) is 2.35. The summed E-state index contributed by atoms with van der Waals surface area (Å²) in [5.74, 6) is 0.106. The van der Waals surface area contributed by atoms with Gasteiger partial charge in [0.15, 0.2) is 0 Å². The van der Waals surface area contributed by atoms with Gasteiger partial charge < -0.3 is 9.84 Å². The fraction of sp³-hybridized carbons (Fsp3) is 0.200. The van der Waals surface area contributed by atoms with Gasteiger partial charge in [-0.1, -0.05) is 35.4 Å². The van der Waals surface area contributed by atoms with Crippen LogP contribution in [0.25, 0.3) is 11.1 Å². The van der Waals surface area contributed by atoms with Gasteiger partial charge in [-0.3, -0.25) is 0 Å². The van der Waals surface area contributed by atoms with Crippen molar-refractivity contribution in [1.29, 1.82) is 0 Å². The Bertz CT molecular complexity index is 620. The van der Waals surface area contributed by atoms with Crippen molar-refractivity contribution in [2.75, 3.05) is 0 Å². The molecule has 2 aromatic carbocycles. The van der Waals surface area contributed by atoms with Crippen molar-refractivity contribution in [2.24, 2.45) is 0 Å². The van der Waals surface area contributed by atoms with Crippen LogP contribution in [-0.2, 0) is 18.0 Å². The molecule has 0 unspecified atom stereocenters. The van der Waals surface area contributed by atoms with Gasteiger partial charge in [-0.15, -0.1) is 0 Å². The van der Waals surface area contributed by atoms with E-state index in [4.69, 9.17) is 16.3 Å². The van der Waals surface area contributed by atoms with E-state index < -0.39 is 0 Å². The Hall–Kier alpha value is -1.51. The average Bonchev–Trinajstić information content (AvgIpc) is 2.49. The quantitative estimate of drug-likeness (QED) is 0.774.